The molecule has 0 saturated carbocycles. The number of hydrogen-bond donors (Lipinski definition) is 1. The highest BCUT2D eigenvalue weighted by molar-refractivity contribution is 5.64. The van der Waals surface area contributed by atoms with Crippen LogP contribution in [0, 0.1) is 11.3 Å². The Bertz CT molecular complexity index is 1040. The lowest BCUT2D eigenvalue weighted by molar-refractivity contribution is 0.171. The Morgan fingerprint density at radius 2 is 1.74 bits per heavy atom. The predicted molar refractivity (Wildman–Crippen MR) is 91.0 cm³/mol. The highest BCUT2D eigenvalue weighted by atomic mass is 16.7. The molecule has 0 spiro atoms. The van der Waals surface area contributed by atoms with Gasteiger partial charge in [0, 0.05) is 11.6 Å². The summed E-state index contributed by atoms with van der Waals surface area (Å²) < 4.78 is 33.0. The number of hydrogen-bond acceptors (Lipinski definition) is 8. The summed E-state index contributed by atoms with van der Waals surface area (Å²) in [6.07, 6.45) is 0. The minimum atomic E-state index is -0.475. The minimum Gasteiger partial charge on any atom is -0.493 e. The second-order valence-electron chi connectivity index (χ2n) is 6.13. The van der Waals surface area contributed by atoms with Gasteiger partial charge in [0.05, 0.1) is 13.0 Å². The van der Waals surface area contributed by atoms with E-state index in [1.807, 2.05) is 18.2 Å². The average molecular weight is 366 g/mol. The maximum absolute atomic E-state index is 9.72. The number of benzene rings is 2. The number of nitrogens with two attached hydrogens (primary N) is 1. The molecule has 1 atom stereocenters. The van der Waals surface area contributed by atoms with Gasteiger partial charge in [-0.05, 0) is 23.8 Å². The smallest absolute Gasteiger partial charge is 0.231 e. The van der Waals surface area contributed by atoms with Gasteiger partial charge in [-0.15, -0.1) is 0 Å². The average Bonchev–Trinajstić information content (AvgIpc) is 3.33. The van der Waals surface area contributed by atoms with Crippen LogP contribution in [0.3, 0.4) is 0 Å². The van der Waals surface area contributed by atoms with Crippen molar-refractivity contribution in [3.8, 4) is 40.6 Å². The van der Waals surface area contributed by atoms with Crippen LogP contribution in [0.1, 0.15) is 17.0 Å². The molecule has 0 aromatic heterocycles. The lowest BCUT2D eigenvalue weighted by Crippen LogP contribution is -2.21. The zero-order chi connectivity index (χ0) is 18.5. The highest BCUT2D eigenvalue weighted by Gasteiger charge is 2.35. The van der Waals surface area contributed by atoms with Crippen LogP contribution < -0.4 is 34.2 Å². The quantitative estimate of drug-likeness (QED) is 0.864. The van der Waals surface area contributed by atoms with Crippen LogP contribution in [0.15, 0.2) is 35.7 Å². The van der Waals surface area contributed by atoms with Crippen molar-refractivity contribution in [1.82, 2.24) is 0 Å². The summed E-state index contributed by atoms with van der Waals surface area (Å²) in [5.41, 5.74) is 7.83. The first-order chi connectivity index (χ1) is 13.2. The first-order valence-corrected chi connectivity index (χ1v) is 8.18. The van der Waals surface area contributed by atoms with Crippen molar-refractivity contribution in [1.29, 1.82) is 5.26 Å². The number of ether oxygens (including phenoxy) is 6. The first-order valence-electron chi connectivity index (χ1n) is 8.18. The largest absolute Gasteiger partial charge is 0.493 e. The van der Waals surface area contributed by atoms with E-state index < -0.39 is 5.92 Å². The number of nitriles is 1. The number of allylic oxidation sites excluding steroid dienone is 1. The Morgan fingerprint density at radius 3 is 2.52 bits per heavy atom. The lowest BCUT2D eigenvalue weighted by Gasteiger charge is -2.27. The molecule has 0 bridgehead atoms. The second kappa shape index (κ2) is 5.64. The van der Waals surface area contributed by atoms with E-state index in [1.54, 1.807) is 13.2 Å². The van der Waals surface area contributed by atoms with Gasteiger partial charge in [0.2, 0.25) is 25.2 Å². The first kappa shape index (κ1) is 15.5. The summed E-state index contributed by atoms with van der Waals surface area (Å²) >= 11 is 0. The van der Waals surface area contributed by atoms with Crippen molar-refractivity contribution >= 4 is 0 Å². The third kappa shape index (κ3) is 2.22. The van der Waals surface area contributed by atoms with Gasteiger partial charge in [-0.2, -0.15) is 5.26 Å². The highest BCUT2D eigenvalue weighted by Crippen LogP contribution is 2.51. The van der Waals surface area contributed by atoms with Crippen LogP contribution in [-0.4, -0.2) is 20.7 Å². The van der Waals surface area contributed by atoms with Crippen molar-refractivity contribution < 1.29 is 28.4 Å². The topological polar surface area (TPSA) is 105 Å². The van der Waals surface area contributed by atoms with E-state index in [-0.39, 0.29) is 19.5 Å². The van der Waals surface area contributed by atoms with Gasteiger partial charge in [0.15, 0.2) is 23.0 Å². The van der Waals surface area contributed by atoms with Gasteiger partial charge in [-0.3, -0.25) is 0 Å². The van der Waals surface area contributed by atoms with Gasteiger partial charge < -0.3 is 34.2 Å². The molecule has 8 nitrogen and oxygen atoms in total. The van der Waals surface area contributed by atoms with Crippen LogP contribution >= 0.6 is 0 Å². The fourth-order valence-corrected chi connectivity index (χ4v) is 3.51. The van der Waals surface area contributed by atoms with Crippen molar-refractivity contribution in [2.24, 2.45) is 5.73 Å². The molecule has 8 heteroatoms. The van der Waals surface area contributed by atoms with Gasteiger partial charge >= 0.3 is 0 Å². The Kier molecular flexibility index (Phi) is 3.24. The lowest BCUT2D eigenvalue weighted by atomic mass is 9.83. The number of fused-ring (bicyclic) bond motifs is 3. The Balaban J connectivity index is 1.73. The third-order valence-electron chi connectivity index (χ3n) is 4.72. The molecule has 3 aliphatic heterocycles. The van der Waals surface area contributed by atoms with Gasteiger partial charge in [0.25, 0.3) is 0 Å². The predicted octanol–water partition coefficient (Wildman–Crippen LogP) is 2.37. The van der Waals surface area contributed by atoms with Crippen molar-refractivity contribution in [3.05, 3.63) is 46.8 Å². The SMILES string of the molecule is COc1cc([C@H]2C(C#N)=C(N)Oc3cc4c(cc32)OCO4)cc2c1OCO2. The zero-order valence-corrected chi connectivity index (χ0v) is 14.3. The molecule has 0 amide bonds. The Labute approximate surface area is 154 Å². The maximum Gasteiger partial charge on any atom is 0.231 e. The van der Waals surface area contributed by atoms with E-state index in [0.29, 0.717) is 40.1 Å². The summed E-state index contributed by atoms with van der Waals surface area (Å²) in [6.45, 7) is 0.246. The van der Waals surface area contributed by atoms with Crippen molar-refractivity contribution in [3.63, 3.8) is 0 Å². The molecule has 136 valence electrons. The monoisotopic (exact) mass is 366 g/mol. The fraction of sp³-hybridized carbons (Fsp3) is 0.211. The molecular weight excluding hydrogens is 352 g/mol. The molecule has 0 saturated heterocycles. The molecule has 3 aliphatic rings. The molecule has 2 N–H and O–H groups in total. The molecule has 0 radical (unpaired) electrons. The van der Waals surface area contributed by atoms with Crippen LogP contribution in [0.2, 0.25) is 0 Å². The summed E-state index contributed by atoms with van der Waals surface area (Å²) in [5.74, 6) is 2.85. The normalized spacial score (nSPS) is 18.6. The zero-order valence-electron chi connectivity index (χ0n) is 14.3. The molecule has 2 aromatic carbocycles. The van der Waals surface area contributed by atoms with E-state index in [4.69, 9.17) is 34.2 Å². The van der Waals surface area contributed by atoms with Crippen LogP contribution in [-0.2, 0) is 0 Å². The standard InChI is InChI=1S/C19H14N2O6/c1-22-15-2-9(3-16-18(15)26-8-25-16)17-10-4-13-14(24-7-23-13)5-12(10)27-19(21)11(17)6-20/h2-5,17H,7-8,21H2,1H3/t17-/m1/s1. The molecule has 0 aliphatic carbocycles. The maximum atomic E-state index is 9.72. The summed E-state index contributed by atoms with van der Waals surface area (Å²) in [4.78, 5) is 0. The van der Waals surface area contributed by atoms with Crippen molar-refractivity contribution in [2.75, 3.05) is 20.7 Å². The molecular formula is C19H14N2O6. The van der Waals surface area contributed by atoms with E-state index in [0.717, 1.165) is 11.1 Å². The van der Waals surface area contributed by atoms with E-state index in [2.05, 4.69) is 6.07 Å². The summed E-state index contributed by atoms with van der Waals surface area (Å²) in [6, 6.07) is 9.31. The van der Waals surface area contributed by atoms with Crippen LogP contribution in [0.4, 0.5) is 0 Å². The van der Waals surface area contributed by atoms with Crippen LogP contribution in [0.25, 0.3) is 0 Å². The molecule has 2 aromatic rings. The molecule has 0 unspecified atom stereocenters. The van der Waals surface area contributed by atoms with Gasteiger partial charge in [-0.25, -0.2) is 0 Å². The summed E-state index contributed by atoms with van der Waals surface area (Å²) in [5, 5.41) is 9.72. The van der Waals surface area contributed by atoms with E-state index in [1.165, 1.54) is 0 Å². The van der Waals surface area contributed by atoms with E-state index in [9.17, 15) is 5.26 Å². The molecule has 27 heavy (non-hydrogen) atoms. The molecule has 3 heterocycles. The Hall–Kier alpha value is -3.73. The second-order valence-corrected chi connectivity index (χ2v) is 6.13. The Morgan fingerprint density at radius 1 is 1.00 bits per heavy atom. The molecule has 5 rings (SSSR count). The van der Waals surface area contributed by atoms with Crippen molar-refractivity contribution in [2.45, 2.75) is 5.92 Å². The minimum absolute atomic E-state index is 0.0468. The third-order valence-corrected chi connectivity index (χ3v) is 4.72. The van der Waals surface area contributed by atoms with Crippen LogP contribution in [0.5, 0.6) is 34.5 Å². The fourth-order valence-electron chi connectivity index (χ4n) is 3.51. The molecule has 0 fully saturated rings. The number of rotatable bonds is 2. The van der Waals surface area contributed by atoms with E-state index >= 15 is 0 Å². The van der Waals surface area contributed by atoms with Gasteiger partial charge in [0.1, 0.15) is 17.4 Å². The summed E-state index contributed by atoms with van der Waals surface area (Å²) in [7, 11) is 1.55. The number of nitrogens with zero attached hydrogens (tertiary/aromatic N) is 1. The number of methoxy groups -OCH3 is 1. The van der Waals surface area contributed by atoms with Gasteiger partial charge in [-0.1, -0.05) is 0 Å².